The van der Waals surface area contributed by atoms with Crippen LogP contribution in [0.5, 0.6) is 0 Å². The average Bonchev–Trinajstić information content (AvgIpc) is 3.10. The van der Waals surface area contributed by atoms with Crippen molar-refractivity contribution in [1.29, 1.82) is 0 Å². The van der Waals surface area contributed by atoms with Crippen LogP contribution in [0.2, 0.25) is 10.0 Å². The number of Topliss-reactive ketones (excluding diaryl/α,β-unsaturated/α-hetero) is 1. The molecule has 1 aromatic carbocycles. The van der Waals surface area contributed by atoms with Crippen molar-refractivity contribution in [2.75, 3.05) is 19.8 Å². The second kappa shape index (κ2) is 13.0. The fourth-order valence-corrected chi connectivity index (χ4v) is 4.62. The molecule has 0 N–H and O–H groups in total. The number of ether oxygens (including phenoxy) is 2. The standard InChI is InChI=1S/C26H32Cl2N2O5/c1-4-33-23(32)11-6-7-14-35-29-26(34-5-2)25-17(3)24-21(9-8-10-22(24)31)30(25)16-18-12-13-19(27)20(28)15-18/h12-13,15H,4-11,14,16H2,1-3H3. The number of benzene rings is 1. The summed E-state index contributed by atoms with van der Waals surface area (Å²) in [5.74, 6) is 0.253. The van der Waals surface area contributed by atoms with Gasteiger partial charge in [0.1, 0.15) is 12.3 Å². The van der Waals surface area contributed by atoms with Crippen LogP contribution in [0.3, 0.4) is 0 Å². The van der Waals surface area contributed by atoms with Gasteiger partial charge < -0.3 is 18.9 Å². The van der Waals surface area contributed by atoms with Crippen LogP contribution < -0.4 is 0 Å². The second-order valence-corrected chi connectivity index (χ2v) is 9.15. The Kier molecular flexibility index (Phi) is 10.0. The molecule has 7 nitrogen and oxygen atoms in total. The van der Waals surface area contributed by atoms with E-state index in [9.17, 15) is 9.59 Å². The fraction of sp³-hybridized carbons (Fsp3) is 0.500. The van der Waals surface area contributed by atoms with Crippen LogP contribution in [0, 0.1) is 6.92 Å². The molecular weight excluding hydrogens is 491 g/mol. The van der Waals surface area contributed by atoms with Gasteiger partial charge in [0.2, 0.25) is 0 Å². The van der Waals surface area contributed by atoms with Crippen LogP contribution in [-0.4, -0.2) is 42.0 Å². The van der Waals surface area contributed by atoms with Crippen LogP contribution in [-0.2, 0) is 32.1 Å². The minimum absolute atomic E-state index is 0.133. The summed E-state index contributed by atoms with van der Waals surface area (Å²) < 4.78 is 12.9. The molecule has 3 rings (SSSR count). The van der Waals surface area contributed by atoms with E-state index in [0.717, 1.165) is 40.9 Å². The van der Waals surface area contributed by atoms with Crippen molar-refractivity contribution in [2.24, 2.45) is 5.16 Å². The summed E-state index contributed by atoms with van der Waals surface area (Å²) in [6.45, 7) is 7.18. The van der Waals surface area contributed by atoms with Gasteiger partial charge in [-0.25, -0.2) is 0 Å². The molecule has 9 heteroatoms. The Morgan fingerprint density at radius 1 is 1.09 bits per heavy atom. The van der Waals surface area contributed by atoms with Gasteiger partial charge in [0.05, 0.1) is 23.3 Å². The first-order valence-electron chi connectivity index (χ1n) is 12.0. The van der Waals surface area contributed by atoms with Crippen LogP contribution in [0.25, 0.3) is 0 Å². The van der Waals surface area contributed by atoms with Crippen LogP contribution in [0.1, 0.15) is 78.8 Å². The molecule has 35 heavy (non-hydrogen) atoms. The third-order valence-corrected chi connectivity index (χ3v) is 6.58. The van der Waals surface area contributed by atoms with Gasteiger partial charge in [-0.05, 0) is 74.9 Å². The third kappa shape index (κ3) is 6.79. The predicted octanol–water partition coefficient (Wildman–Crippen LogP) is 6.12. The molecule has 2 aromatic rings. The summed E-state index contributed by atoms with van der Waals surface area (Å²) in [4.78, 5) is 29.9. The molecule has 0 spiro atoms. The Morgan fingerprint density at radius 3 is 2.57 bits per heavy atom. The lowest BCUT2D eigenvalue weighted by atomic mass is 9.93. The summed E-state index contributed by atoms with van der Waals surface area (Å²) in [7, 11) is 0. The number of carbonyl (C=O) groups excluding carboxylic acids is 2. The van der Waals surface area contributed by atoms with E-state index in [2.05, 4.69) is 9.72 Å². The van der Waals surface area contributed by atoms with E-state index in [-0.39, 0.29) is 11.8 Å². The van der Waals surface area contributed by atoms with Gasteiger partial charge in [-0.3, -0.25) is 9.59 Å². The number of carbonyl (C=O) groups is 2. The van der Waals surface area contributed by atoms with Crippen LogP contribution in [0.15, 0.2) is 23.4 Å². The maximum Gasteiger partial charge on any atom is 0.305 e. The van der Waals surface area contributed by atoms with Gasteiger partial charge in [0.25, 0.3) is 5.90 Å². The molecule has 0 bridgehead atoms. The van der Waals surface area contributed by atoms with Crippen molar-refractivity contribution in [1.82, 2.24) is 4.57 Å². The Morgan fingerprint density at radius 2 is 1.86 bits per heavy atom. The van der Waals surface area contributed by atoms with Crippen molar-refractivity contribution < 1.29 is 23.9 Å². The summed E-state index contributed by atoms with van der Waals surface area (Å²) >= 11 is 12.4. The first-order chi connectivity index (χ1) is 16.9. The highest BCUT2D eigenvalue weighted by molar-refractivity contribution is 6.42. The topological polar surface area (TPSA) is 79.1 Å². The normalized spacial score (nSPS) is 13.5. The molecule has 1 aromatic heterocycles. The molecule has 1 heterocycles. The van der Waals surface area contributed by atoms with E-state index in [4.69, 9.17) is 37.5 Å². The number of aromatic nitrogens is 1. The monoisotopic (exact) mass is 522 g/mol. The summed E-state index contributed by atoms with van der Waals surface area (Å²) in [5, 5.41) is 5.27. The number of fused-ring (bicyclic) bond motifs is 1. The van der Waals surface area contributed by atoms with E-state index in [1.165, 1.54) is 0 Å². The quantitative estimate of drug-likeness (QED) is 0.117. The lowest BCUT2D eigenvalue weighted by molar-refractivity contribution is -0.143. The van der Waals surface area contributed by atoms with Gasteiger partial charge in [0, 0.05) is 30.6 Å². The number of ketones is 1. The summed E-state index contributed by atoms with van der Waals surface area (Å²) in [6.07, 6.45) is 3.77. The molecule has 0 atom stereocenters. The van der Waals surface area contributed by atoms with Crippen molar-refractivity contribution in [2.45, 2.75) is 65.8 Å². The molecule has 0 amide bonds. The Hall–Kier alpha value is -2.51. The summed E-state index contributed by atoms with van der Waals surface area (Å²) in [5.41, 5.74) is 4.23. The highest BCUT2D eigenvalue weighted by Crippen LogP contribution is 2.32. The summed E-state index contributed by atoms with van der Waals surface area (Å²) in [6, 6.07) is 5.52. The molecule has 1 aliphatic rings. The fourth-order valence-electron chi connectivity index (χ4n) is 4.30. The van der Waals surface area contributed by atoms with Crippen molar-refractivity contribution in [3.8, 4) is 0 Å². The van der Waals surface area contributed by atoms with Crippen LogP contribution in [0.4, 0.5) is 0 Å². The lowest BCUT2D eigenvalue weighted by Gasteiger charge is -2.17. The van der Waals surface area contributed by atoms with Gasteiger partial charge in [0.15, 0.2) is 5.78 Å². The predicted molar refractivity (Wildman–Crippen MR) is 137 cm³/mol. The smallest absolute Gasteiger partial charge is 0.305 e. The van der Waals surface area contributed by atoms with Gasteiger partial charge in [-0.1, -0.05) is 29.3 Å². The number of rotatable bonds is 11. The average molecular weight is 523 g/mol. The molecule has 1 aliphatic carbocycles. The second-order valence-electron chi connectivity index (χ2n) is 8.33. The zero-order valence-electron chi connectivity index (χ0n) is 20.5. The van der Waals surface area contributed by atoms with Crippen molar-refractivity contribution in [3.05, 3.63) is 56.3 Å². The molecule has 0 fully saturated rings. The Labute approximate surface area is 216 Å². The van der Waals surface area contributed by atoms with Crippen LogP contribution >= 0.6 is 23.2 Å². The largest absolute Gasteiger partial charge is 0.474 e. The number of halogens is 2. The third-order valence-electron chi connectivity index (χ3n) is 5.84. The van der Waals surface area contributed by atoms with E-state index < -0.39 is 0 Å². The zero-order valence-corrected chi connectivity index (χ0v) is 22.0. The van der Waals surface area contributed by atoms with Gasteiger partial charge in [-0.2, -0.15) is 0 Å². The van der Waals surface area contributed by atoms with Crippen molar-refractivity contribution >= 4 is 40.9 Å². The van der Waals surface area contributed by atoms with E-state index in [1.54, 1.807) is 13.0 Å². The molecule has 0 saturated carbocycles. The minimum Gasteiger partial charge on any atom is -0.474 e. The lowest BCUT2D eigenvalue weighted by Crippen LogP contribution is -2.18. The number of hydrogen-bond acceptors (Lipinski definition) is 6. The Bertz CT molecular complexity index is 1090. The molecule has 0 radical (unpaired) electrons. The maximum absolute atomic E-state index is 12.8. The first-order valence-corrected chi connectivity index (χ1v) is 12.8. The van der Waals surface area contributed by atoms with E-state index in [0.29, 0.717) is 68.0 Å². The number of esters is 1. The molecule has 0 unspecified atom stereocenters. The maximum atomic E-state index is 12.8. The molecule has 190 valence electrons. The number of nitrogens with zero attached hydrogens (tertiary/aromatic N) is 2. The highest BCUT2D eigenvalue weighted by atomic mass is 35.5. The minimum atomic E-state index is -0.211. The Balaban J connectivity index is 1.87. The number of oxime groups is 1. The number of unbranched alkanes of at least 4 members (excludes halogenated alkanes) is 1. The zero-order chi connectivity index (χ0) is 25.4. The molecule has 0 aliphatic heterocycles. The highest BCUT2D eigenvalue weighted by Gasteiger charge is 2.30. The van der Waals surface area contributed by atoms with E-state index in [1.807, 2.05) is 26.0 Å². The molecular formula is C26H32Cl2N2O5. The van der Waals surface area contributed by atoms with Gasteiger partial charge in [-0.15, -0.1) is 0 Å². The van der Waals surface area contributed by atoms with E-state index >= 15 is 0 Å². The molecule has 0 saturated heterocycles. The van der Waals surface area contributed by atoms with Crippen molar-refractivity contribution in [3.63, 3.8) is 0 Å². The first kappa shape index (κ1) is 27.1. The van der Waals surface area contributed by atoms with Gasteiger partial charge >= 0.3 is 5.97 Å². The number of hydrogen-bond donors (Lipinski definition) is 0. The SMILES string of the molecule is CCOC(=O)CCCCON=C(OCC)c1c(C)c2c(n1Cc1ccc(Cl)c(Cl)c1)CCCC2=O.